The van der Waals surface area contributed by atoms with Crippen molar-refractivity contribution in [3.63, 3.8) is 0 Å². The van der Waals surface area contributed by atoms with Crippen molar-refractivity contribution >= 4 is 50.8 Å². The third-order valence-electron chi connectivity index (χ3n) is 1.17. The predicted octanol–water partition coefficient (Wildman–Crippen LogP) is 3.21. The second-order valence-corrected chi connectivity index (χ2v) is 4.13. The van der Waals surface area contributed by atoms with Crippen LogP contribution < -0.4 is 5.32 Å². The Morgan fingerprint density at radius 2 is 2.25 bits per heavy atom. The average molecular weight is 266 g/mol. The van der Waals surface area contributed by atoms with Gasteiger partial charge < -0.3 is 5.32 Å². The summed E-state index contributed by atoms with van der Waals surface area (Å²) in [5.41, 5.74) is 0.332. The van der Waals surface area contributed by atoms with Gasteiger partial charge in [-0.1, -0.05) is 28.1 Å². The van der Waals surface area contributed by atoms with Crippen molar-refractivity contribution in [2.24, 2.45) is 0 Å². The van der Waals surface area contributed by atoms with Crippen LogP contribution in [0.1, 0.15) is 0 Å². The molecule has 0 aliphatic carbocycles. The zero-order valence-corrected chi connectivity index (χ0v) is 9.14. The van der Waals surface area contributed by atoms with E-state index in [1.54, 1.807) is 12.1 Å². The number of rotatable bonds is 1. The molecule has 0 aromatic heterocycles. The van der Waals surface area contributed by atoms with Crippen molar-refractivity contribution in [2.45, 2.75) is 0 Å². The van der Waals surface area contributed by atoms with Crippen LogP contribution in [0.15, 0.2) is 22.7 Å². The molecule has 0 heterocycles. The van der Waals surface area contributed by atoms with Crippen LogP contribution in [-0.2, 0) is 0 Å². The Balaban J connectivity index is 2.93. The van der Waals surface area contributed by atoms with Crippen molar-refractivity contribution < 1.29 is 4.39 Å². The molecule has 1 N–H and O–H groups in total. The van der Waals surface area contributed by atoms with Gasteiger partial charge in [-0.15, -0.1) is 12.6 Å². The highest BCUT2D eigenvalue weighted by molar-refractivity contribution is 9.10. The lowest BCUT2D eigenvalue weighted by atomic mass is 10.3. The maximum Gasteiger partial charge on any atom is 0.147 e. The smallest absolute Gasteiger partial charge is 0.147 e. The lowest BCUT2D eigenvalue weighted by Gasteiger charge is -2.04. The number of benzene rings is 1. The van der Waals surface area contributed by atoms with Crippen LogP contribution in [0.4, 0.5) is 10.1 Å². The van der Waals surface area contributed by atoms with E-state index in [0.29, 0.717) is 10.2 Å². The third-order valence-corrected chi connectivity index (χ3v) is 1.88. The molecule has 0 fully saturated rings. The van der Waals surface area contributed by atoms with E-state index in [9.17, 15) is 4.39 Å². The zero-order valence-electron chi connectivity index (χ0n) is 5.84. The largest absolute Gasteiger partial charge is 0.339 e. The fourth-order valence-corrected chi connectivity index (χ4v) is 1.27. The number of nitrogens with one attached hydrogen (secondary N) is 1. The number of halogens is 2. The standard InChI is InChI=1S/C7H5BrFNS2/c8-4-1-2-6(5(9)3-4)10-7(11)12/h1-3H,(H2,10,11,12). The summed E-state index contributed by atoms with van der Waals surface area (Å²) in [7, 11) is 0. The second-order valence-electron chi connectivity index (χ2n) is 2.05. The fourth-order valence-electron chi connectivity index (χ4n) is 0.706. The van der Waals surface area contributed by atoms with E-state index in [1.807, 2.05) is 0 Å². The molecule has 1 nitrogen and oxygen atoms in total. The van der Waals surface area contributed by atoms with Gasteiger partial charge in [-0.05, 0) is 18.2 Å². The van der Waals surface area contributed by atoms with Crippen molar-refractivity contribution in [1.29, 1.82) is 0 Å². The van der Waals surface area contributed by atoms with Crippen LogP contribution in [0.25, 0.3) is 0 Å². The Hall–Kier alpha value is -0.130. The van der Waals surface area contributed by atoms with E-state index in [2.05, 4.69) is 46.1 Å². The maximum absolute atomic E-state index is 13.0. The number of thiol groups is 1. The first-order valence-electron chi connectivity index (χ1n) is 3.04. The third kappa shape index (κ3) is 2.73. The SMILES string of the molecule is Fc1cc(Br)ccc1NC(=S)S. The predicted molar refractivity (Wildman–Crippen MR) is 59.3 cm³/mol. The van der Waals surface area contributed by atoms with E-state index in [4.69, 9.17) is 0 Å². The van der Waals surface area contributed by atoms with E-state index >= 15 is 0 Å². The molecule has 0 spiro atoms. The summed E-state index contributed by atoms with van der Waals surface area (Å²) in [4.78, 5) is 0. The molecule has 64 valence electrons. The van der Waals surface area contributed by atoms with E-state index in [-0.39, 0.29) is 10.1 Å². The van der Waals surface area contributed by atoms with E-state index in [1.165, 1.54) is 6.07 Å². The molecule has 0 saturated carbocycles. The Bertz CT molecular complexity index is 316. The van der Waals surface area contributed by atoms with Gasteiger partial charge in [0, 0.05) is 4.47 Å². The minimum absolute atomic E-state index is 0.247. The van der Waals surface area contributed by atoms with Crippen LogP contribution in [0.2, 0.25) is 0 Å². The number of thiocarbonyl (C=S) groups is 1. The Kier molecular flexibility index (Phi) is 3.49. The summed E-state index contributed by atoms with van der Waals surface area (Å²) in [6, 6.07) is 4.66. The quantitative estimate of drug-likeness (QED) is 0.598. The first-order chi connectivity index (χ1) is 5.59. The Morgan fingerprint density at radius 1 is 1.58 bits per heavy atom. The minimum Gasteiger partial charge on any atom is -0.339 e. The molecule has 0 radical (unpaired) electrons. The minimum atomic E-state index is -0.360. The van der Waals surface area contributed by atoms with Crippen LogP contribution >= 0.6 is 40.8 Å². The molecular formula is C7H5BrFNS2. The summed E-state index contributed by atoms with van der Waals surface area (Å²) in [5.74, 6) is -0.360. The van der Waals surface area contributed by atoms with Gasteiger partial charge in [0.1, 0.15) is 10.1 Å². The molecule has 0 aliphatic rings. The first-order valence-corrected chi connectivity index (χ1v) is 4.69. The van der Waals surface area contributed by atoms with Gasteiger partial charge in [-0.3, -0.25) is 0 Å². The van der Waals surface area contributed by atoms with Gasteiger partial charge in [-0.2, -0.15) is 0 Å². The molecule has 12 heavy (non-hydrogen) atoms. The van der Waals surface area contributed by atoms with Gasteiger partial charge in [0.15, 0.2) is 0 Å². The second kappa shape index (κ2) is 4.20. The molecular weight excluding hydrogens is 261 g/mol. The fraction of sp³-hybridized carbons (Fsp3) is 0. The lowest BCUT2D eigenvalue weighted by Crippen LogP contribution is -2.02. The topological polar surface area (TPSA) is 12.0 Å². The van der Waals surface area contributed by atoms with Crippen LogP contribution in [0.5, 0.6) is 0 Å². The van der Waals surface area contributed by atoms with Gasteiger partial charge >= 0.3 is 0 Å². The monoisotopic (exact) mass is 265 g/mol. The van der Waals surface area contributed by atoms with Gasteiger partial charge in [0.05, 0.1) is 5.69 Å². The zero-order chi connectivity index (χ0) is 9.14. The number of anilines is 1. The van der Waals surface area contributed by atoms with Crippen molar-refractivity contribution in [3.05, 3.63) is 28.5 Å². The highest BCUT2D eigenvalue weighted by Crippen LogP contribution is 2.19. The Labute approximate surface area is 88.9 Å². The molecule has 0 bridgehead atoms. The van der Waals surface area contributed by atoms with E-state index < -0.39 is 0 Å². The molecule has 0 unspecified atom stereocenters. The molecule has 0 amide bonds. The van der Waals surface area contributed by atoms with Gasteiger partial charge in [-0.25, -0.2) is 4.39 Å². The molecule has 0 aliphatic heterocycles. The van der Waals surface area contributed by atoms with Crippen LogP contribution in [0.3, 0.4) is 0 Å². The number of hydrogen-bond donors (Lipinski definition) is 2. The first kappa shape index (κ1) is 9.95. The molecule has 1 aromatic rings. The molecule has 1 aromatic carbocycles. The van der Waals surface area contributed by atoms with Gasteiger partial charge in [0.25, 0.3) is 0 Å². The highest BCUT2D eigenvalue weighted by Gasteiger charge is 2.01. The van der Waals surface area contributed by atoms with Crippen molar-refractivity contribution in [3.8, 4) is 0 Å². The summed E-state index contributed by atoms with van der Waals surface area (Å²) in [5, 5.41) is 2.60. The summed E-state index contributed by atoms with van der Waals surface area (Å²) in [6.07, 6.45) is 0. The molecule has 5 heteroatoms. The van der Waals surface area contributed by atoms with Crippen LogP contribution in [-0.4, -0.2) is 4.32 Å². The van der Waals surface area contributed by atoms with Crippen LogP contribution in [0, 0.1) is 5.82 Å². The summed E-state index contributed by atoms with van der Waals surface area (Å²) < 4.78 is 14.0. The molecule has 0 saturated heterocycles. The van der Waals surface area contributed by atoms with E-state index in [0.717, 1.165) is 0 Å². The number of hydrogen-bond acceptors (Lipinski definition) is 1. The molecule has 0 atom stereocenters. The average Bonchev–Trinajstić information content (AvgIpc) is 1.94. The maximum atomic E-state index is 13.0. The van der Waals surface area contributed by atoms with Gasteiger partial charge in [0.2, 0.25) is 0 Å². The lowest BCUT2D eigenvalue weighted by molar-refractivity contribution is 0.631. The van der Waals surface area contributed by atoms with Crippen molar-refractivity contribution in [2.75, 3.05) is 5.32 Å². The molecule has 1 rings (SSSR count). The highest BCUT2D eigenvalue weighted by atomic mass is 79.9. The normalized spacial score (nSPS) is 9.58. The summed E-state index contributed by atoms with van der Waals surface area (Å²) in [6.45, 7) is 0. The Morgan fingerprint density at radius 3 is 2.75 bits per heavy atom. The van der Waals surface area contributed by atoms with Crippen molar-refractivity contribution in [1.82, 2.24) is 0 Å². The summed E-state index contributed by atoms with van der Waals surface area (Å²) >= 11 is 11.6.